The maximum absolute atomic E-state index is 12.9. The summed E-state index contributed by atoms with van der Waals surface area (Å²) in [5.41, 5.74) is 0.742. The van der Waals surface area contributed by atoms with Crippen molar-refractivity contribution in [2.75, 3.05) is 17.1 Å². The summed E-state index contributed by atoms with van der Waals surface area (Å²) in [7, 11) is -3.79. The minimum Gasteiger partial charge on any atom is -0.445 e. The van der Waals surface area contributed by atoms with Crippen LogP contribution in [0.4, 0.5) is 23.8 Å². The summed E-state index contributed by atoms with van der Waals surface area (Å²) in [5, 5.41) is 6.87. The number of carbonyl (C=O) groups excluding carboxylic acids is 1. The molecular weight excluding hydrogens is 473 g/mol. The largest absolute Gasteiger partial charge is 0.445 e. The monoisotopic (exact) mass is 494 g/mol. The van der Waals surface area contributed by atoms with E-state index in [-0.39, 0.29) is 25.5 Å². The van der Waals surface area contributed by atoms with Crippen molar-refractivity contribution in [2.45, 2.75) is 25.4 Å². The third-order valence-electron chi connectivity index (χ3n) is 5.29. The summed E-state index contributed by atoms with van der Waals surface area (Å²) in [6, 6.07) is 12.8. The van der Waals surface area contributed by atoms with Crippen molar-refractivity contribution in [1.82, 2.24) is 15.1 Å². The fourth-order valence-electron chi connectivity index (χ4n) is 3.69. The van der Waals surface area contributed by atoms with Crippen molar-refractivity contribution < 1.29 is 31.1 Å². The van der Waals surface area contributed by atoms with Crippen LogP contribution < -0.4 is 9.62 Å². The van der Waals surface area contributed by atoms with Crippen LogP contribution in [-0.4, -0.2) is 43.1 Å². The van der Waals surface area contributed by atoms with Crippen molar-refractivity contribution in [1.29, 1.82) is 0 Å². The average Bonchev–Trinajstić information content (AvgIpc) is 3.20. The van der Waals surface area contributed by atoms with Crippen molar-refractivity contribution in [3.8, 4) is 11.1 Å². The Bertz CT molecular complexity index is 1280. The Morgan fingerprint density at radius 2 is 1.79 bits per heavy atom. The molecule has 2 aromatic carbocycles. The number of nitrogens with one attached hydrogen (secondary N) is 1. The normalized spacial score (nSPS) is 16.1. The summed E-state index contributed by atoms with van der Waals surface area (Å²) >= 11 is 0. The van der Waals surface area contributed by atoms with Crippen molar-refractivity contribution in [3.05, 3.63) is 71.9 Å². The van der Waals surface area contributed by atoms with E-state index in [1.165, 1.54) is 23.0 Å². The first-order chi connectivity index (χ1) is 16.0. The SMILES string of the molecule is CS(=O)(=O)N1CC(NC(=O)OCc2ccccc2)Cn2ncc(-c3ccc(C(F)(F)F)cc3)c21. The highest BCUT2D eigenvalue weighted by Crippen LogP contribution is 2.36. The molecule has 0 spiro atoms. The zero-order valence-corrected chi connectivity index (χ0v) is 18.8. The van der Waals surface area contributed by atoms with Gasteiger partial charge in [0.2, 0.25) is 10.0 Å². The molecule has 12 heteroatoms. The predicted molar refractivity (Wildman–Crippen MR) is 118 cm³/mol. The van der Waals surface area contributed by atoms with Gasteiger partial charge in [-0.3, -0.25) is 4.31 Å². The first-order valence-electron chi connectivity index (χ1n) is 10.2. The third kappa shape index (κ3) is 5.16. The number of hydrogen-bond acceptors (Lipinski definition) is 5. The fraction of sp³-hybridized carbons (Fsp3) is 0.273. The van der Waals surface area contributed by atoms with Gasteiger partial charge in [0.25, 0.3) is 0 Å². The lowest BCUT2D eigenvalue weighted by atomic mass is 10.1. The fourth-order valence-corrected chi connectivity index (χ4v) is 4.64. The van der Waals surface area contributed by atoms with Crippen LogP contribution in [0, 0.1) is 0 Å². The minimum absolute atomic E-state index is 0.0558. The Hall–Kier alpha value is -3.54. The third-order valence-corrected chi connectivity index (χ3v) is 6.41. The quantitative estimate of drug-likeness (QED) is 0.585. The van der Waals surface area contributed by atoms with E-state index in [2.05, 4.69) is 10.4 Å². The number of sulfonamides is 1. The van der Waals surface area contributed by atoms with E-state index < -0.39 is 33.9 Å². The molecule has 1 amide bonds. The van der Waals surface area contributed by atoms with Crippen LogP contribution in [0.1, 0.15) is 11.1 Å². The van der Waals surface area contributed by atoms with E-state index in [0.717, 1.165) is 28.3 Å². The molecule has 0 saturated heterocycles. The summed E-state index contributed by atoms with van der Waals surface area (Å²) in [4.78, 5) is 12.3. The number of aromatic nitrogens is 2. The summed E-state index contributed by atoms with van der Waals surface area (Å²) < 4.78 is 71.5. The number of fused-ring (bicyclic) bond motifs is 1. The molecule has 0 radical (unpaired) electrons. The average molecular weight is 494 g/mol. The molecule has 180 valence electrons. The molecule has 0 bridgehead atoms. The van der Waals surface area contributed by atoms with Gasteiger partial charge in [0.1, 0.15) is 12.4 Å². The number of rotatable bonds is 5. The molecule has 8 nitrogen and oxygen atoms in total. The topological polar surface area (TPSA) is 93.5 Å². The van der Waals surface area contributed by atoms with E-state index in [1.807, 2.05) is 18.2 Å². The summed E-state index contributed by atoms with van der Waals surface area (Å²) in [6.45, 7) is 0.126. The second-order valence-corrected chi connectivity index (χ2v) is 9.74. The molecule has 1 aromatic heterocycles. The molecule has 1 N–H and O–H groups in total. The molecule has 1 aliphatic rings. The van der Waals surface area contributed by atoms with E-state index in [1.54, 1.807) is 12.1 Å². The maximum atomic E-state index is 12.9. The molecule has 1 aliphatic heterocycles. The minimum atomic E-state index is -4.48. The Balaban J connectivity index is 1.54. The molecule has 0 aliphatic carbocycles. The van der Waals surface area contributed by atoms with Crippen LogP contribution in [0.3, 0.4) is 0 Å². The van der Waals surface area contributed by atoms with Crippen molar-refractivity contribution in [3.63, 3.8) is 0 Å². The number of ether oxygens (including phenoxy) is 1. The van der Waals surface area contributed by atoms with E-state index in [4.69, 9.17) is 4.74 Å². The molecule has 2 heterocycles. The molecular formula is C22H21F3N4O4S. The second-order valence-electron chi connectivity index (χ2n) is 7.84. The number of anilines is 1. The van der Waals surface area contributed by atoms with E-state index >= 15 is 0 Å². The van der Waals surface area contributed by atoms with Gasteiger partial charge in [0, 0.05) is 5.56 Å². The highest BCUT2D eigenvalue weighted by molar-refractivity contribution is 7.92. The molecule has 1 atom stereocenters. The highest BCUT2D eigenvalue weighted by Gasteiger charge is 2.35. The van der Waals surface area contributed by atoms with Crippen LogP contribution in [0.2, 0.25) is 0 Å². The first-order valence-corrected chi connectivity index (χ1v) is 12.1. The number of alkyl carbamates (subject to hydrolysis) is 1. The standard InChI is InChI=1S/C22H21F3N4O4S/c1-34(31,32)29-13-18(27-21(30)33-14-15-5-3-2-4-6-15)12-28-20(29)19(11-26-28)16-7-9-17(10-8-16)22(23,24)25/h2-11,18H,12-14H2,1H3,(H,27,30). The summed E-state index contributed by atoms with van der Waals surface area (Å²) in [6.07, 6.45) is -2.78. The zero-order chi connectivity index (χ0) is 24.5. The van der Waals surface area contributed by atoms with Crippen molar-refractivity contribution in [2.24, 2.45) is 0 Å². The van der Waals surface area contributed by atoms with E-state index in [9.17, 15) is 26.4 Å². The lowest BCUT2D eigenvalue weighted by Gasteiger charge is -2.34. The van der Waals surface area contributed by atoms with Gasteiger partial charge in [-0.2, -0.15) is 18.3 Å². The van der Waals surface area contributed by atoms with E-state index in [0.29, 0.717) is 11.1 Å². The molecule has 1 unspecified atom stereocenters. The number of nitrogens with zero attached hydrogens (tertiary/aromatic N) is 3. The number of alkyl halides is 3. The number of carbonyl (C=O) groups is 1. The molecule has 3 aromatic rings. The van der Waals surface area contributed by atoms with Gasteiger partial charge in [-0.25, -0.2) is 17.9 Å². The van der Waals surface area contributed by atoms with Crippen LogP contribution >= 0.6 is 0 Å². The number of amides is 1. The van der Waals surface area contributed by atoms with Crippen LogP contribution in [0.15, 0.2) is 60.8 Å². The van der Waals surface area contributed by atoms with Gasteiger partial charge in [0.15, 0.2) is 0 Å². The molecule has 4 rings (SSSR count). The number of benzene rings is 2. The van der Waals surface area contributed by atoms with Gasteiger partial charge < -0.3 is 10.1 Å². The lowest BCUT2D eigenvalue weighted by molar-refractivity contribution is -0.137. The highest BCUT2D eigenvalue weighted by atomic mass is 32.2. The Morgan fingerprint density at radius 3 is 2.41 bits per heavy atom. The van der Waals surface area contributed by atoms with Gasteiger partial charge in [-0.15, -0.1) is 0 Å². The van der Waals surface area contributed by atoms with Gasteiger partial charge in [0.05, 0.1) is 37.1 Å². The Morgan fingerprint density at radius 1 is 1.12 bits per heavy atom. The Labute approximate surface area is 194 Å². The Kier molecular flexibility index (Phi) is 6.26. The first kappa shape index (κ1) is 23.6. The van der Waals surface area contributed by atoms with Gasteiger partial charge in [-0.1, -0.05) is 42.5 Å². The second kappa shape index (κ2) is 9.01. The molecule has 34 heavy (non-hydrogen) atoms. The van der Waals surface area contributed by atoms with Gasteiger partial charge in [-0.05, 0) is 23.3 Å². The van der Waals surface area contributed by atoms with Gasteiger partial charge >= 0.3 is 12.3 Å². The predicted octanol–water partition coefficient (Wildman–Crippen LogP) is 3.64. The van der Waals surface area contributed by atoms with Crippen LogP contribution in [-0.2, 0) is 34.1 Å². The number of hydrogen-bond donors (Lipinski definition) is 1. The lowest BCUT2D eigenvalue weighted by Crippen LogP contribution is -2.52. The zero-order valence-electron chi connectivity index (χ0n) is 18.0. The maximum Gasteiger partial charge on any atom is 0.416 e. The smallest absolute Gasteiger partial charge is 0.416 e. The summed E-state index contributed by atoms with van der Waals surface area (Å²) in [5.74, 6) is 0.220. The van der Waals surface area contributed by atoms with Crippen LogP contribution in [0.5, 0.6) is 0 Å². The van der Waals surface area contributed by atoms with Crippen molar-refractivity contribution >= 4 is 21.9 Å². The molecule has 0 fully saturated rings. The molecule has 0 saturated carbocycles. The van der Waals surface area contributed by atoms with Crippen LogP contribution in [0.25, 0.3) is 11.1 Å². The number of halogens is 3.